The highest BCUT2D eigenvalue weighted by Crippen LogP contribution is 2.35. The van der Waals surface area contributed by atoms with Gasteiger partial charge in [-0.15, -0.1) is 0 Å². The Balaban J connectivity index is 1.54. The van der Waals surface area contributed by atoms with E-state index >= 15 is 0 Å². The van der Waals surface area contributed by atoms with Crippen molar-refractivity contribution >= 4 is 11.0 Å². The van der Waals surface area contributed by atoms with E-state index in [0.717, 1.165) is 53.1 Å². The number of ether oxygens (including phenoxy) is 2. The molecule has 5 heteroatoms. The summed E-state index contributed by atoms with van der Waals surface area (Å²) in [6.45, 7) is 6.16. The van der Waals surface area contributed by atoms with Crippen LogP contribution in [0.15, 0.2) is 45.6 Å². The smallest absolute Gasteiger partial charge is 0.336 e. The van der Waals surface area contributed by atoms with Crippen LogP contribution in [0, 0.1) is 13.8 Å². The maximum absolute atomic E-state index is 11.7. The van der Waals surface area contributed by atoms with Gasteiger partial charge in [0, 0.05) is 35.7 Å². The Morgan fingerprint density at radius 1 is 1.15 bits per heavy atom. The average molecular weight is 365 g/mol. The lowest BCUT2D eigenvalue weighted by molar-refractivity contribution is 0.0959. The van der Waals surface area contributed by atoms with Crippen molar-refractivity contribution in [2.24, 2.45) is 0 Å². The molecule has 0 N–H and O–H groups in total. The number of methoxy groups -OCH3 is 1. The molecule has 1 aliphatic rings. The second kappa shape index (κ2) is 7.08. The quantitative estimate of drug-likeness (QED) is 0.658. The van der Waals surface area contributed by atoms with Gasteiger partial charge in [0.25, 0.3) is 0 Å². The van der Waals surface area contributed by atoms with Gasteiger partial charge < -0.3 is 13.9 Å². The fourth-order valence-electron chi connectivity index (χ4n) is 3.64. The monoisotopic (exact) mass is 365 g/mol. The summed E-state index contributed by atoms with van der Waals surface area (Å²) in [6.07, 6.45) is 0.948. The Labute approximate surface area is 158 Å². The molecule has 0 saturated carbocycles. The summed E-state index contributed by atoms with van der Waals surface area (Å²) >= 11 is 0. The molecule has 0 atom stereocenters. The van der Waals surface area contributed by atoms with Crippen molar-refractivity contribution in [2.75, 3.05) is 20.4 Å². The fourth-order valence-corrected chi connectivity index (χ4v) is 3.64. The van der Waals surface area contributed by atoms with E-state index in [1.165, 1.54) is 5.56 Å². The van der Waals surface area contributed by atoms with Crippen molar-refractivity contribution in [3.63, 3.8) is 0 Å². The van der Waals surface area contributed by atoms with E-state index in [1.807, 2.05) is 26.0 Å². The van der Waals surface area contributed by atoms with E-state index in [9.17, 15) is 4.79 Å². The lowest BCUT2D eigenvalue weighted by Crippen LogP contribution is -2.34. The van der Waals surface area contributed by atoms with Crippen molar-refractivity contribution < 1.29 is 13.9 Å². The van der Waals surface area contributed by atoms with Crippen LogP contribution < -0.4 is 15.1 Å². The zero-order chi connectivity index (χ0) is 19.0. The Kier molecular flexibility index (Phi) is 4.62. The number of rotatable bonds is 4. The number of benzene rings is 2. The van der Waals surface area contributed by atoms with E-state index in [2.05, 4.69) is 23.1 Å². The number of fused-ring (bicyclic) bond motifs is 2. The molecule has 2 heterocycles. The van der Waals surface area contributed by atoms with E-state index in [-0.39, 0.29) is 5.63 Å². The highest BCUT2D eigenvalue weighted by molar-refractivity contribution is 5.86. The van der Waals surface area contributed by atoms with E-state index in [4.69, 9.17) is 13.9 Å². The molecule has 0 saturated heterocycles. The summed E-state index contributed by atoms with van der Waals surface area (Å²) in [5.41, 5.74) is 4.55. The standard InChI is InChI=1S/C22H23NO4/c1-14-10-20(24)27-22-15(2)21-17(11-19(14)22)12-23(13-26-21)9-8-16-4-6-18(25-3)7-5-16/h4-7,10-11H,8-9,12-13H2,1-3H3. The molecule has 0 radical (unpaired) electrons. The van der Waals surface area contributed by atoms with Crippen LogP contribution in [0.4, 0.5) is 0 Å². The highest BCUT2D eigenvalue weighted by atomic mass is 16.5. The lowest BCUT2D eigenvalue weighted by Gasteiger charge is -2.30. The minimum atomic E-state index is -0.319. The molecule has 5 nitrogen and oxygen atoms in total. The van der Waals surface area contributed by atoms with Gasteiger partial charge >= 0.3 is 5.63 Å². The minimum Gasteiger partial charge on any atom is -0.497 e. The molecule has 0 unspecified atom stereocenters. The van der Waals surface area contributed by atoms with Crippen LogP contribution in [-0.4, -0.2) is 25.3 Å². The number of aryl methyl sites for hydroxylation is 2. The Morgan fingerprint density at radius 2 is 1.93 bits per heavy atom. The molecule has 0 aliphatic carbocycles. The molecule has 3 aromatic rings. The molecular weight excluding hydrogens is 342 g/mol. The van der Waals surface area contributed by atoms with E-state index < -0.39 is 0 Å². The summed E-state index contributed by atoms with van der Waals surface area (Å²) in [4.78, 5) is 14.0. The molecule has 0 bridgehead atoms. The molecule has 27 heavy (non-hydrogen) atoms. The van der Waals surface area contributed by atoms with Crippen LogP contribution >= 0.6 is 0 Å². The van der Waals surface area contributed by atoms with Gasteiger partial charge in [-0.2, -0.15) is 0 Å². The third-order valence-electron chi connectivity index (χ3n) is 5.16. The number of nitrogens with zero attached hydrogens (tertiary/aromatic N) is 1. The first-order chi connectivity index (χ1) is 13.0. The van der Waals surface area contributed by atoms with Crippen LogP contribution in [-0.2, 0) is 13.0 Å². The first-order valence-electron chi connectivity index (χ1n) is 9.10. The molecule has 2 aromatic carbocycles. The first-order valence-corrected chi connectivity index (χ1v) is 9.10. The van der Waals surface area contributed by atoms with Gasteiger partial charge in [-0.1, -0.05) is 12.1 Å². The second-order valence-corrected chi connectivity index (χ2v) is 7.04. The van der Waals surface area contributed by atoms with E-state index in [0.29, 0.717) is 12.3 Å². The molecule has 1 aromatic heterocycles. The van der Waals surface area contributed by atoms with Gasteiger partial charge in [0.15, 0.2) is 0 Å². The highest BCUT2D eigenvalue weighted by Gasteiger charge is 2.22. The molecule has 140 valence electrons. The van der Waals surface area contributed by atoms with Crippen molar-refractivity contribution in [3.8, 4) is 11.5 Å². The summed E-state index contributed by atoms with van der Waals surface area (Å²) in [7, 11) is 1.68. The van der Waals surface area contributed by atoms with Crippen LogP contribution in [0.2, 0.25) is 0 Å². The Bertz CT molecular complexity index is 1040. The van der Waals surface area contributed by atoms with E-state index in [1.54, 1.807) is 13.2 Å². The summed E-state index contributed by atoms with van der Waals surface area (Å²) in [6, 6.07) is 11.8. The van der Waals surface area contributed by atoms with Gasteiger partial charge in [0.1, 0.15) is 23.8 Å². The third-order valence-corrected chi connectivity index (χ3v) is 5.16. The Hall–Kier alpha value is -2.79. The van der Waals surface area contributed by atoms with Crippen molar-refractivity contribution in [1.82, 2.24) is 4.90 Å². The van der Waals surface area contributed by atoms with Crippen LogP contribution in [0.5, 0.6) is 11.5 Å². The normalized spacial score (nSPS) is 14.0. The summed E-state index contributed by atoms with van der Waals surface area (Å²) in [5, 5.41) is 0.978. The lowest BCUT2D eigenvalue weighted by atomic mass is 10.0. The SMILES string of the molecule is COc1ccc(CCN2COc3c(cc4c(C)cc(=O)oc4c3C)C2)cc1. The first kappa shape index (κ1) is 17.6. The van der Waals surface area contributed by atoms with Gasteiger partial charge in [0.2, 0.25) is 0 Å². The van der Waals surface area contributed by atoms with Crippen LogP contribution in [0.1, 0.15) is 22.3 Å². The molecule has 0 amide bonds. The molecule has 0 spiro atoms. The fraction of sp³-hybridized carbons (Fsp3) is 0.318. The van der Waals surface area contributed by atoms with Crippen molar-refractivity contribution in [3.05, 3.63) is 69.1 Å². The van der Waals surface area contributed by atoms with Gasteiger partial charge in [-0.25, -0.2) is 4.79 Å². The van der Waals surface area contributed by atoms with Crippen LogP contribution in [0.25, 0.3) is 11.0 Å². The minimum absolute atomic E-state index is 0.319. The molecule has 4 rings (SSSR count). The number of hydrogen-bond donors (Lipinski definition) is 0. The number of hydrogen-bond acceptors (Lipinski definition) is 5. The zero-order valence-electron chi connectivity index (χ0n) is 15.9. The molecule has 1 aliphatic heterocycles. The maximum atomic E-state index is 11.7. The van der Waals surface area contributed by atoms with Crippen molar-refractivity contribution in [1.29, 1.82) is 0 Å². The molecule has 0 fully saturated rings. The largest absolute Gasteiger partial charge is 0.497 e. The third kappa shape index (κ3) is 3.43. The second-order valence-electron chi connectivity index (χ2n) is 7.04. The Morgan fingerprint density at radius 3 is 2.67 bits per heavy atom. The molecular formula is C22H23NO4. The summed E-state index contributed by atoms with van der Waals surface area (Å²) in [5.74, 6) is 1.72. The van der Waals surface area contributed by atoms with Crippen molar-refractivity contribution in [2.45, 2.75) is 26.8 Å². The van der Waals surface area contributed by atoms with Crippen LogP contribution in [0.3, 0.4) is 0 Å². The summed E-state index contributed by atoms with van der Waals surface area (Å²) < 4.78 is 16.7. The maximum Gasteiger partial charge on any atom is 0.336 e. The topological polar surface area (TPSA) is 51.9 Å². The zero-order valence-corrected chi connectivity index (χ0v) is 15.9. The van der Waals surface area contributed by atoms with Gasteiger partial charge in [0.05, 0.1) is 7.11 Å². The predicted molar refractivity (Wildman–Crippen MR) is 105 cm³/mol. The predicted octanol–water partition coefficient (Wildman–Crippen LogP) is 3.81. The van der Waals surface area contributed by atoms with Gasteiger partial charge in [-0.3, -0.25) is 4.90 Å². The van der Waals surface area contributed by atoms with Gasteiger partial charge in [-0.05, 0) is 49.6 Å². The average Bonchev–Trinajstić information content (AvgIpc) is 2.68.